The number of thioether (sulfide) groups is 1. The van der Waals surface area contributed by atoms with E-state index in [0.29, 0.717) is 28.6 Å². The van der Waals surface area contributed by atoms with Gasteiger partial charge in [0.05, 0.1) is 37.2 Å². The van der Waals surface area contributed by atoms with Crippen LogP contribution in [0.2, 0.25) is 0 Å². The zero-order valence-corrected chi connectivity index (χ0v) is 16.6. The first kappa shape index (κ1) is 18.4. The fourth-order valence-corrected chi connectivity index (χ4v) is 4.18. The molecule has 0 aliphatic carbocycles. The van der Waals surface area contributed by atoms with Crippen LogP contribution in [-0.2, 0) is 0 Å². The van der Waals surface area contributed by atoms with Gasteiger partial charge in [0.1, 0.15) is 5.75 Å². The Morgan fingerprint density at radius 3 is 2.31 bits per heavy atom. The average molecular weight is 377 g/mol. The summed E-state index contributed by atoms with van der Waals surface area (Å²) < 4.78 is 18.2. The van der Waals surface area contributed by atoms with Gasteiger partial charge in [-0.1, -0.05) is 11.8 Å². The second-order valence-electron chi connectivity index (χ2n) is 6.22. The molecule has 1 aromatic heterocycles. The fourth-order valence-electron chi connectivity index (χ4n) is 3.06. The summed E-state index contributed by atoms with van der Waals surface area (Å²) in [6.45, 7) is 5.96. The van der Waals surface area contributed by atoms with Crippen LogP contribution in [0.1, 0.15) is 43.2 Å². The van der Waals surface area contributed by atoms with E-state index in [1.54, 1.807) is 32.1 Å². The van der Waals surface area contributed by atoms with Crippen molar-refractivity contribution in [3.8, 4) is 17.2 Å². The minimum atomic E-state index is -0.249. The van der Waals surface area contributed by atoms with Crippen LogP contribution < -0.4 is 19.8 Å². The van der Waals surface area contributed by atoms with Crippen molar-refractivity contribution in [2.45, 2.75) is 32.1 Å². The van der Waals surface area contributed by atoms with Crippen molar-refractivity contribution in [3.63, 3.8) is 0 Å². The van der Waals surface area contributed by atoms with Crippen LogP contribution in [0, 0.1) is 0 Å². The van der Waals surface area contributed by atoms with Gasteiger partial charge < -0.3 is 14.2 Å². The standard InChI is InChI=1S/C18H23N3O4S/c1-9(2)21-17-15(18(22)20-21)16(26-10(3)19-17)11-7-13(24-5)14(25-6)8-12(11)23-4/h7-9,16H,1-6H3,(H,20,22)/t16-/m0/s1. The molecule has 0 spiro atoms. The molecule has 140 valence electrons. The molecule has 0 radical (unpaired) electrons. The highest BCUT2D eigenvalue weighted by Crippen LogP contribution is 2.49. The first-order valence-electron chi connectivity index (χ1n) is 8.27. The van der Waals surface area contributed by atoms with Crippen LogP contribution in [0.15, 0.2) is 21.9 Å². The smallest absolute Gasteiger partial charge is 0.271 e. The minimum absolute atomic E-state index is 0.0963. The lowest BCUT2D eigenvalue weighted by molar-refractivity contribution is 0.347. The lowest BCUT2D eigenvalue weighted by atomic mass is 10.0. The molecule has 1 aliphatic heterocycles. The van der Waals surface area contributed by atoms with Gasteiger partial charge in [0.15, 0.2) is 17.3 Å². The van der Waals surface area contributed by atoms with Gasteiger partial charge in [-0.3, -0.25) is 14.6 Å². The largest absolute Gasteiger partial charge is 0.496 e. The van der Waals surface area contributed by atoms with Crippen molar-refractivity contribution in [1.82, 2.24) is 9.78 Å². The first-order chi connectivity index (χ1) is 12.4. The maximum atomic E-state index is 12.7. The lowest BCUT2D eigenvalue weighted by Gasteiger charge is -2.24. The van der Waals surface area contributed by atoms with Crippen LogP contribution in [0.25, 0.3) is 0 Å². The number of benzene rings is 1. The summed E-state index contributed by atoms with van der Waals surface area (Å²) in [5, 5.41) is 3.54. The number of nitrogens with zero attached hydrogens (tertiary/aromatic N) is 2. The zero-order valence-electron chi connectivity index (χ0n) is 15.7. The predicted octanol–water partition coefficient (Wildman–Crippen LogP) is 3.67. The molecule has 0 unspecified atom stereocenters. The average Bonchev–Trinajstić information content (AvgIpc) is 2.96. The SMILES string of the molecule is COc1cc(OC)c([C@@H]2SC(C)=Nc3c2c(=O)[nH]n3C(C)C)cc1OC. The summed E-state index contributed by atoms with van der Waals surface area (Å²) in [7, 11) is 4.76. The summed E-state index contributed by atoms with van der Waals surface area (Å²) in [5.74, 6) is 2.47. The van der Waals surface area contributed by atoms with E-state index in [0.717, 1.165) is 10.6 Å². The number of H-pyrrole nitrogens is 1. The normalized spacial score (nSPS) is 16.3. The van der Waals surface area contributed by atoms with E-state index in [1.165, 1.54) is 11.8 Å². The number of hydrogen-bond donors (Lipinski definition) is 1. The number of methoxy groups -OCH3 is 3. The highest BCUT2D eigenvalue weighted by Gasteiger charge is 2.33. The summed E-state index contributed by atoms with van der Waals surface area (Å²) in [6, 6.07) is 3.74. The predicted molar refractivity (Wildman–Crippen MR) is 104 cm³/mol. The van der Waals surface area contributed by atoms with E-state index in [1.807, 2.05) is 26.8 Å². The van der Waals surface area contributed by atoms with Crippen LogP contribution in [0.3, 0.4) is 0 Å². The van der Waals surface area contributed by atoms with Crippen molar-refractivity contribution in [1.29, 1.82) is 0 Å². The van der Waals surface area contributed by atoms with Crippen molar-refractivity contribution in [2.75, 3.05) is 21.3 Å². The topological polar surface area (TPSA) is 77.8 Å². The maximum absolute atomic E-state index is 12.7. The molecule has 0 saturated carbocycles. The van der Waals surface area contributed by atoms with E-state index < -0.39 is 0 Å². The Bertz CT molecular complexity index is 914. The van der Waals surface area contributed by atoms with Gasteiger partial charge >= 0.3 is 0 Å². The number of hydrogen-bond acceptors (Lipinski definition) is 6. The number of nitrogens with one attached hydrogen (secondary N) is 1. The third-order valence-electron chi connectivity index (χ3n) is 4.28. The Morgan fingerprint density at radius 2 is 1.73 bits per heavy atom. The van der Waals surface area contributed by atoms with Crippen molar-refractivity contribution in [2.24, 2.45) is 4.99 Å². The molecule has 8 heteroatoms. The quantitative estimate of drug-likeness (QED) is 0.860. The molecular weight excluding hydrogens is 354 g/mol. The van der Waals surface area contributed by atoms with E-state index in [-0.39, 0.29) is 16.9 Å². The summed E-state index contributed by atoms with van der Waals surface area (Å²) in [6.07, 6.45) is 0. The Morgan fingerprint density at radius 1 is 1.12 bits per heavy atom. The highest BCUT2D eigenvalue weighted by atomic mass is 32.2. The first-order valence-corrected chi connectivity index (χ1v) is 9.15. The van der Waals surface area contributed by atoms with E-state index in [2.05, 4.69) is 10.1 Å². The molecule has 1 aliphatic rings. The van der Waals surface area contributed by atoms with Crippen LogP contribution in [0.4, 0.5) is 5.82 Å². The molecule has 2 aromatic rings. The molecule has 7 nitrogen and oxygen atoms in total. The van der Waals surface area contributed by atoms with E-state index >= 15 is 0 Å². The fraction of sp³-hybridized carbons (Fsp3) is 0.444. The number of rotatable bonds is 5. The zero-order chi connectivity index (χ0) is 19.0. The maximum Gasteiger partial charge on any atom is 0.271 e. The Hall–Kier alpha value is -2.35. The summed E-state index contributed by atoms with van der Waals surface area (Å²) in [4.78, 5) is 17.3. The second-order valence-corrected chi connectivity index (χ2v) is 7.52. The Labute approximate surface area is 156 Å². The molecule has 0 amide bonds. The van der Waals surface area contributed by atoms with Gasteiger partial charge in [0, 0.05) is 17.7 Å². The Kier molecular flexibility index (Phi) is 5.04. The van der Waals surface area contributed by atoms with Crippen molar-refractivity contribution in [3.05, 3.63) is 33.6 Å². The lowest BCUT2D eigenvalue weighted by Crippen LogP contribution is -2.14. The molecule has 0 bridgehead atoms. The number of aromatic amines is 1. The number of ether oxygens (including phenoxy) is 3. The van der Waals surface area contributed by atoms with Crippen LogP contribution in [-0.4, -0.2) is 36.2 Å². The molecule has 0 saturated heterocycles. The number of fused-ring (bicyclic) bond motifs is 1. The van der Waals surface area contributed by atoms with Gasteiger partial charge in [-0.05, 0) is 26.8 Å². The molecule has 1 N–H and O–H groups in total. The van der Waals surface area contributed by atoms with E-state index in [9.17, 15) is 4.79 Å². The van der Waals surface area contributed by atoms with Crippen LogP contribution in [0.5, 0.6) is 17.2 Å². The molecule has 3 rings (SSSR count). The third kappa shape index (κ3) is 2.98. The Balaban J connectivity index is 2.24. The van der Waals surface area contributed by atoms with Gasteiger partial charge in [0.2, 0.25) is 0 Å². The van der Waals surface area contributed by atoms with Crippen molar-refractivity contribution < 1.29 is 14.2 Å². The highest BCUT2D eigenvalue weighted by molar-refractivity contribution is 8.14. The van der Waals surface area contributed by atoms with Crippen molar-refractivity contribution >= 4 is 22.6 Å². The van der Waals surface area contributed by atoms with Gasteiger partial charge in [0.25, 0.3) is 5.56 Å². The molecular formula is C18H23N3O4S. The number of aliphatic imine (C=N–C) groups is 1. The second kappa shape index (κ2) is 7.11. The van der Waals surface area contributed by atoms with E-state index in [4.69, 9.17) is 14.2 Å². The molecule has 1 aromatic carbocycles. The van der Waals surface area contributed by atoms with Gasteiger partial charge in [-0.2, -0.15) is 0 Å². The number of aromatic nitrogens is 2. The molecule has 26 heavy (non-hydrogen) atoms. The molecule has 2 heterocycles. The third-order valence-corrected chi connectivity index (χ3v) is 5.44. The summed E-state index contributed by atoms with van der Waals surface area (Å²) >= 11 is 1.52. The van der Waals surface area contributed by atoms with Gasteiger partial charge in [-0.15, -0.1) is 0 Å². The van der Waals surface area contributed by atoms with Gasteiger partial charge in [-0.25, -0.2) is 4.99 Å². The molecule has 1 atom stereocenters. The minimum Gasteiger partial charge on any atom is -0.496 e. The van der Waals surface area contributed by atoms with Crippen LogP contribution >= 0.6 is 11.8 Å². The molecule has 0 fully saturated rings. The monoisotopic (exact) mass is 377 g/mol. The summed E-state index contributed by atoms with van der Waals surface area (Å²) in [5.41, 5.74) is 1.33.